The van der Waals surface area contributed by atoms with Gasteiger partial charge in [-0.2, -0.15) is 5.16 Å². The molecule has 4 aromatic rings. The lowest BCUT2D eigenvalue weighted by molar-refractivity contribution is 0.248. The summed E-state index contributed by atoms with van der Waals surface area (Å²) in [5.74, 6) is 1.99. The van der Waals surface area contributed by atoms with E-state index in [1.165, 1.54) is 17.5 Å². The molecule has 7 heteroatoms. The van der Waals surface area contributed by atoms with E-state index in [0.29, 0.717) is 28.5 Å². The zero-order valence-electron chi connectivity index (χ0n) is 17.6. The molecule has 1 aromatic heterocycles. The highest BCUT2D eigenvalue weighted by Crippen LogP contribution is 2.36. The highest BCUT2D eigenvalue weighted by atomic mass is 35.5. The van der Waals surface area contributed by atoms with Gasteiger partial charge in [-0.25, -0.2) is 0 Å². The van der Waals surface area contributed by atoms with Crippen LogP contribution < -0.4 is 15.0 Å². The summed E-state index contributed by atoms with van der Waals surface area (Å²) >= 11 is 6.35. The number of nitrogens with one attached hydrogen (secondary N) is 1. The van der Waals surface area contributed by atoms with E-state index in [0.717, 1.165) is 25.3 Å². The summed E-state index contributed by atoms with van der Waals surface area (Å²) in [5.41, 5.74) is 2.53. The van der Waals surface area contributed by atoms with Gasteiger partial charge in [0, 0.05) is 12.6 Å². The van der Waals surface area contributed by atoms with E-state index in [1.54, 1.807) is 19.2 Å². The number of hydrogen-bond acceptors (Lipinski definition) is 5. The Labute approximate surface area is 190 Å². The van der Waals surface area contributed by atoms with E-state index in [-0.39, 0.29) is 10.6 Å². The monoisotopic (exact) mass is 450 g/mol. The van der Waals surface area contributed by atoms with Crippen molar-refractivity contribution in [1.82, 2.24) is 10.1 Å². The number of H-pyrrole nitrogens is 1. The van der Waals surface area contributed by atoms with Crippen molar-refractivity contribution in [3.05, 3.63) is 87.2 Å². The van der Waals surface area contributed by atoms with E-state index in [9.17, 15) is 4.79 Å². The molecule has 1 aliphatic rings. The summed E-state index contributed by atoms with van der Waals surface area (Å²) in [7, 11) is 1.69. The molecule has 1 aliphatic heterocycles. The van der Waals surface area contributed by atoms with Crippen molar-refractivity contribution >= 4 is 22.6 Å². The summed E-state index contributed by atoms with van der Waals surface area (Å²) in [6.07, 6.45) is 2.35. The van der Waals surface area contributed by atoms with Gasteiger partial charge < -0.3 is 14.0 Å². The van der Waals surface area contributed by atoms with Gasteiger partial charge in [-0.3, -0.25) is 9.69 Å². The van der Waals surface area contributed by atoms with Crippen molar-refractivity contribution in [1.29, 1.82) is 0 Å². The number of benzene rings is 3. The van der Waals surface area contributed by atoms with Gasteiger partial charge >= 0.3 is 0 Å². The first-order valence-electron chi connectivity index (χ1n) is 10.6. The SMILES string of the molecule is COc1ccc(C2CCCN2Cc2ccc(Oc3ccc4c(=O)[nH]oc4c3Cl)cc2)cc1. The predicted molar refractivity (Wildman–Crippen MR) is 124 cm³/mol. The fourth-order valence-electron chi connectivity index (χ4n) is 4.29. The Morgan fingerprint density at radius 2 is 1.81 bits per heavy atom. The Kier molecular flexibility index (Phi) is 5.64. The smallest absolute Gasteiger partial charge is 0.287 e. The minimum atomic E-state index is -0.312. The lowest BCUT2D eigenvalue weighted by Gasteiger charge is -2.25. The molecular weight excluding hydrogens is 428 g/mol. The predicted octanol–water partition coefficient (Wildman–Crippen LogP) is 5.91. The zero-order valence-corrected chi connectivity index (χ0v) is 18.4. The van der Waals surface area contributed by atoms with Crippen LogP contribution in [0.25, 0.3) is 11.0 Å². The van der Waals surface area contributed by atoms with E-state index < -0.39 is 0 Å². The quantitative estimate of drug-likeness (QED) is 0.395. The molecule has 3 aromatic carbocycles. The van der Waals surface area contributed by atoms with E-state index in [4.69, 9.17) is 25.6 Å². The average molecular weight is 451 g/mol. The maximum atomic E-state index is 11.7. The molecule has 0 bridgehead atoms. The molecule has 1 saturated heterocycles. The van der Waals surface area contributed by atoms with Crippen LogP contribution in [0.5, 0.6) is 17.2 Å². The third-order valence-corrected chi connectivity index (χ3v) is 6.31. The van der Waals surface area contributed by atoms with E-state index in [2.05, 4.69) is 34.3 Å². The second kappa shape index (κ2) is 8.73. The Morgan fingerprint density at radius 1 is 1.06 bits per heavy atom. The number of ether oxygens (including phenoxy) is 2. The second-order valence-electron chi connectivity index (χ2n) is 7.94. The van der Waals surface area contributed by atoms with Crippen molar-refractivity contribution in [3.63, 3.8) is 0 Å². The molecule has 6 nitrogen and oxygen atoms in total. The fraction of sp³-hybridized carbons (Fsp3) is 0.240. The Bertz CT molecular complexity index is 1280. The van der Waals surface area contributed by atoms with Crippen LogP contribution >= 0.6 is 11.6 Å². The van der Waals surface area contributed by atoms with Crippen molar-refractivity contribution in [2.75, 3.05) is 13.7 Å². The van der Waals surface area contributed by atoms with Gasteiger partial charge in [0.05, 0.1) is 12.5 Å². The molecule has 32 heavy (non-hydrogen) atoms. The van der Waals surface area contributed by atoms with Gasteiger partial charge in [-0.1, -0.05) is 35.9 Å². The van der Waals surface area contributed by atoms with Crippen molar-refractivity contribution in [2.45, 2.75) is 25.4 Å². The Morgan fingerprint density at radius 3 is 2.56 bits per heavy atom. The number of likely N-dealkylation sites (tertiary alicyclic amines) is 1. The minimum absolute atomic E-state index is 0.268. The Balaban J connectivity index is 1.28. The summed E-state index contributed by atoms with van der Waals surface area (Å²) in [6.45, 7) is 1.95. The summed E-state index contributed by atoms with van der Waals surface area (Å²) in [6, 6.07) is 20.1. The lowest BCUT2D eigenvalue weighted by atomic mass is 10.0. The van der Waals surface area contributed by atoms with Gasteiger partial charge in [0.25, 0.3) is 5.56 Å². The highest BCUT2D eigenvalue weighted by Gasteiger charge is 2.26. The molecule has 0 aliphatic carbocycles. The molecule has 1 N–H and O–H groups in total. The van der Waals surface area contributed by atoms with Crippen LogP contribution in [-0.2, 0) is 6.54 Å². The third kappa shape index (κ3) is 3.99. The number of hydrogen-bond donors (Lipinski definition) is 1. The summed E-state index contributed by atoms with van der Waals surface area (Å²) in [5, 5.41) is 2.96. The third-order valence-electron chi connectivity index (χ3n) is 5.95. The van der Waals surface area contributed by atoms with Crippen molar-refractivity contribution in [2.24, 2.45) is 0 Å². The van der Waals surface area contributed by atoms with E-state index >= 15 is 0 Å². The largest absolute Gasteiger partial charge is 0.497 e. The number of nitrogens with zero attached hydrogens (tertiary/aromatic N) is 1. The first-order valence-corrected chi connectivity index (χ1v) is 10.9. The molecule has 1 fully saturated rings. The van der Waals surface area contributed by atoms with Gasteiger partial charge in [0.1, 0.15) is 22.3 Å². The first-order chi connectivity index (χ1) is 15.6. The van der Waals surface area contributed by atoms with Gasteiger partial charge in [0.15, 0.2) is 5.58 Å². The molecule has 0 radical (unpaired) electrons. The second-order valence-corrected chi connectivity index (χ2v) is 8.31. The highest BCUT2D eigenvalue weighted by molar-refractivity contribution is 6.36. The zero-order chi connectivity index (χ0) is 22.1. The molecule has 164 valence electrons. The normalized spacial score (nSPS) is 16.5. The minimum Gasteiger partial charge on any atom is -0.497 e. The molecule has 0 amide bonds. The molecule has 1 atom stereocenters. The number of aromatic nitrogens is 1. The maximum Gasteiger partial charge on any atom is 0.287 e. The molecule has 0 saturated carbocycles. The number of fused-ring (bicyclic) bond motifs is 1. The Hall–Kier alpha value is -3.22. The van der Waals surface area contributed by atoms with Crippen LogP contribution in [0, 0.1) is 0 Å². The first kappa shape index (κ1) is 20.7. The average Bonchev–Trinajstić information content (AvgIpc) is 3.44. The molecule has 5 rings (SSSR count). The summed E-state index contributed by atoms with van der Waals surface area (Å²) in [4.78, 5) is 14.2. The van der Waals surface area contributed by atoms with Crippen molar-refractivity contribution in [3.8, 4) is 17.2 Å². The number of aromatic amines is 1. The van der Waals surface area contributed by atoms with Gasteiger partial charge in [-0.15, -0.1) is 0 Å². The summed E-state index contributed by atoms with van der Waals surface area (Å²) < 4.78 is 16.4. The van der Waals surface area contributed by atoms with Crippen LogP contribution in [0.1, 0.15) is 30.0 Å². The van der Waals surface area contributed by atoms with Crippen molar-refractivity contribution < 1.29 is 14.0 Å². The molecular formula is C25H23ClN2O4. The molecule has 2 heterocycles. The lowest BCUT2D eigenvalue weighted by Crippen LogP contribution is -2.22. The van der Waals surface area contributed by atoms with E-state index in [1.807, 2.05) is 24.3 Å². The van der Waals surface area contributed by atoms with Crippen LogP contribution in [-0.4, -0.2) is 23.7 Å². The van der Waals surface area contributed by atoms with Crippen LogP contribution in [0.3, 0.4) is 0 Å². The van der Waals surface area contributed by atoms with Crippen LogP contribution in [0.15, 0.2) is 70.0 Å². The topological polar surface area (TPSA) is 67.7 Å². The maximum absolute atomic E-state index is 11.7. The molecule has 0 spiro atoms. The van der Waals surface area contributed by atoms with Crippen LogP contribution in [0.2, 0.25) is 5.02 Å². The fourth-order valence-corrected chi connectivity index (χ4v) is 4.53. The number of halogens is 1. The molecule has 1 unspecified atom stereocenters. The number of methoxy groups -OCH3 is 1. The van der Waals surface area contributed by atoms with Gasteiger partial charge in [0.2, 0.25) is 0 Å². The van der Waals surface area contributed by atoms with Crippen LogP contribution in [0.4, 0.5) is 0 Å². The standard InChI is InChI=1S/C25H23ClN2O4/c1-30-18-10-6-17(7-11-18)21-3-2-14-28(21)15-16-4-8-19(9-5-16)31-22-13-12-20-24(23(22)26)32-27-25(20)29/h4-13,21H,2-3,14-15H2,1H3,(H,27,29). The van der Waals surface area contributed by atoms with Gasteiger partial charge in [-0.05, 0) is 66.9 Å². The number of rotatable bonds is 6.